The van der Waals surface area contributed by atoms with Crippen LogP contribution in [-0.4, -0.2) is 24.7 Å². The number of hydrogen-bond acceptors (Lipinski definition) is 12. The summed E-state index contributed by atoms with van der Waals surface area (Å²) in [6, 6.07) is 3.20. The first-order valence-electron chi connectivity index (χ1n) is 7.46. The van der Waals surface area contributed by atoms with E-state index in [9.17, 15) is 10.2 Å². The minimum absolute atomic E-state index is 0.0242. The second-order valence-corrected chi connectivity index (χ2v) is 6.07. The van der Waals surface area contributed by atoms with Gasteiger partial charge in [-0.15, -0.1) is 15.3 Å². The van der Waals surface area contributed by atoms with Crippen molar-refractivity contribution in [3.63, 3.8) is 0 Å². The third-order valence-electron chi connectivity index (χ3n) is 3.43. The van der Waals surface area contributed by atoms with Gasteiger partial charge in [0.15, 0.2) is 10.8 Å². The van der Waals surface area contributed by atoms with Crippen LogP contribution in [0.25, 0.3) is 0 Å². The van der Waals surface area contributed by atoms with Crippen molar-refractivity contribution < 1.29 is 14.7 Å². The van der Waals surface area contributed by atoms with Crippen LogP contribution in [0.5, 0.6) is 11.5 Å². The third kappa shape index (κ3) is 3.62. The Labute approximate surface area is 156 Å². The Bertz CT molecular complexity index is 1110. The third-order valence-corrected chi connectivity index (χ3v) is 4.26. The van der Waals surface area contributed by atoms with E-state index in [-0.39, 0.29) is 34.5 Å². The van der Waals surface area contributed by atoms with E-state index < -0.39 is 0 Å². The number of hydrogen-bond donors (Lipinski definition) is 2. The summed E-state index contributed by atoms with van der Waals surface area (Å²) in [4.78, 5) is 3.87. The Morgan fingerprint density at radius 2 is 1.74 bits per heavy atom. The molecule has 27 heavy (non-hydrogen) atoms. The fraction of sp³-hybridized carbons (Fsp3) is 0.200. The van der Waals surface area contributed by atoms with Crippen molar-refractivity contribution in [1.29, 1.82) is 5.26 Å². The second kappa shape index (κ2) is 7.26. The average molecular weight is 384 g/mol. The van der Waals surface area contributed by atoms with Crippen molar-refractivity contribution in [2.75, 3.05) is 0 Å². The van der Waals surface area contributed by atoms with Gasteiger partial charge < -0.3 is 14.7 Å². The number of nitriles is 1. The quantitative estimate of drug-likeness (QED) is 0.621. The maximum absolute atomic E-state index is 10.2. The van der Waals surface area contributed by atoms with E-state index >= 15 is 0 Å². The molecule has 0 fully saturated rings. The predicted octanol–water partition coefficient (Wildman–Crippen LogP) is 4.57. The van der Waals surface area contributed by atoms with Crippen LogP contribution in [0.4, 0.5) is 22.4 Å². The smallest absolute Gasteiger partial charge is 0.366 e. The van der Waals surface area contributed by atoms with Crippen molar-refractivity contribution in [2.24, 2.45) is 20.5 Å². The number of aromatic nitrogens is 3. The molecule has 136 valence electrons. The van der Waals surface area contributed by atoms with Gasteiger partial charge in [-0.3, -0.25) is 0 Å². The predicted molar refractivity (Wildman–Crippen MR) is 93.5 cm³/mol. The van der Waals surface area contributed by atoms with Crippen LogP contribution in [0.3, 0.4) is 0 Å². The van der Waals surface area contributed by atoms with Gasteiger partial charge in [-0.05, 0) is 32.3 Å². The number of rotatable bonds is 4. The molecule has 12 heteroatoms. The zero-order valence-corrected chi connectivity index (χ0v) is 15.2. The van der Waals surface area contributed by atoms with Gasteiger partial charge >= 0.3 is 6.01 Å². The molecule has 1 aromatic carbocycles. The molecule has 0 saturated carbocycles. The van der Waals surface area contributed by atoms with E-state index in [1.807, 2.05) is 6.07 Å². The van der Waals surface area contributed by atoms with E-state index in [2.05, 4.69) is 35.0 Å². The van der Waals surface area contributed by atoms with Gasteiger partial charge in [0.25, 0.3) is 0 Å². The van der Waals surface area contributed by atoms with E-state index in [4.69, 9.17) is 9.78 Å². The van der Waals surface area contributed by atoms with Crippen LogP contribution >= 0.6 is 11.5 Å². The molecule has 0 atom stereocenters. The van der Waals surface area contributed by atoms with Crippen molar-refractivity contribution >= 4 is 33.9 Å². The molecular formula is C15H12N8O3S. The maximum atomic E-state index is 10.2. The van der Waals surface area contributed by atoms with Gasteiger partial charge in [-0.2, -0.15) is 14.6 Å². The summed E-state index contributed by atoms with van der Waals surface area (Å²) in [6.45, 7) is 4.80. The number of aryl methyl sites for hydroxylation is 2. The van der Waals surface area contributed by atoms with Gasteiger partial charge in [-0.25, -0.2) is 0 Å². The highest BCUT2D eigenvalue weighted by atomic mass is 32.1. The normalized spacial score (nSPS) is 11.5. The number of benzene rings is 1. The molecule has 0 radical (unpaired) electrons. The molecule has 0 aliphatic carbocycles. The lowest BCUT2D eigenvalue weighted by Crippen LogP contribution is -1.79. The van der Waals surface area contributed by atoms with Crippen molar-refractivity contribution in [3.8, 4) is 17.6 Å². The summed E-state index contributed by atoms with van der Waals surface area (Å²) >= 11 is 1.01. The highest BCUT2D eigenvalue weighted by molar-refractivity contribution is 7.10. The Kier molecular flexibility index (Phi) is 4.86. The summed E-state index contributed by atoms with van der Waals surface area (Å²) in [5, 5.41) is 48.9. The Morgan fingerprint density at radius 1 is 1.07 bits per heavy atom. The Morgan fingerprint density at radius 3 is 2.33 bits per heavy atom. The first-order chi connectivity index (χ1) is 12.9. The minimum atomic E-state index is -0.280. The van der Waals surface area contributed by atoms with Crippen molar-refractivity contribution in [1.82, 2.24) is 14.5 Å². The summed E-state index contributed by atoms with van der Waals surface area (Å²) in [5.74, 6) is -0.168. The molecule has 2 heterocycles. The number of phenolic OH excluding ortho intramolecular Hbond substituents is 2. The number of azo groups is 2. The second-order valence-electron chi connectivity index (χ2n) is 5.32. The fourth-order valence-electron chi connectivity index (χ4n) is 1.99. The molecule has 3 rings (SSSR count). The Hall–Kier alpha value is -3.72. The lowest BCUT2D eigenvalue weighted by molar-refractivity contribution is 0.420. The van der Waals surface area contributed by atoms with Crippen LogP contribution in [0.1, 0.15) is 22.6 Å². The molecular weight excluding hydrogens is 372 g/mol. The van der Waals surface area contributed by atoms with E-state index in [1.165, 1.54) is 13.0 Å². The first kappa shape index (κ1) is 18.1. The van der Waals surface area contributed by atoms with E-state index in [1.54, 1.807) is 13.8 Å². The minimum Gasteiger partial charge on any atom is -0.505 e. The van der Waals surface area contributed by atoms with Crippen LogP contribution in [0, 0.1) is 32.1 Å². The zero-order chi connectivity index (χ0) is 19.6. The van der Waals surface area contributed by atoms with Gasteiger partial charge in [0, 0.05) is 11.6 Å². The molecule has 2 N–H and O–H groups in total. The number of phenols is 2. The number of nitrogens with zero attached hydrogens (tertiary/aromatic N) is 8. The van der Waals surface area contributed by atoms with E-state index in [0.29, 0.717) is 22.1 Å². The fourth-order valence-corrected chi connectivity index (χ4v) is 2.67. The zero-order valence-electron chi connectivity index (χ0n) is 14.4. The molecule has 0 saturated heterocycles. The molecule has 0 bridgehead atoms. The van der Waals surface area contributed by atoms with Gasteiger partial charge in [-0.1, -0.05) is 10.3 Å². The monoisotopic (exact) mass is 384 g/mol. The highest BCUT2D eigenvalue weighted by Gasteiger charge is 2.15. The van der Waals surface area contributed by atoms with E-state index in [0.717, 1.165) is 11.5 Å². The van der Waals surface area contributed by atoms with Crippen molar-refractivity contribution in [3.05, 3.63) is 28.7 Å². The lowest BCUT2D eigenvalue weighted by atomic mass is 10.1. The molecule has 0 spiro atoms. The SMILES string of the molecule is Cc1noc(/N=N/c2cc(/N=N/c3snc(C)c3C#N)c(O)c(C)c2O)n1. The lowest BCUT2D eigenvalue weighted by Gasteiger charge is -2.06. The van der Waals surface area contributed by atoms with Gasteiger partial charge in [0.05, 0.1) is 5.69 Å². The van der Waals surface area contributed by atoms with Gasteiger partial charge in [0.1, 0.15) is 34.5 Å². The summed E-state index contributed by atoms with van der Waals surface area (Å²) in [7, 11) is 0. The largest absolute Gasteiger partial charge is 0.505 e. The molecule has 3 aromatic rings. The summed E-state index contributed by atoms with van der Waals surface area (Å²) in [6.07, 6.45) is 0. The van der Waals surface area contributed by atoms with Crippen LogP contribution < -0.4 is 0 Å². The topological polar surface area (TPSA) is 166 Å². The summed E-state index contributed by atoms with van der Waals surface area (Å²) in [5.41, 5.74) is 1.06. The van der Waals surface area contributed by atoms with Gasteiger partial charge in [0.2, 0.25) is 0 Å². The molecule has 0 unspecified atom stereocenters. The molecule has 0 aliphatic rings. The highest BCUT2D eigenvalue weighted by Crippen LogP contribution is 2.44. The molecule has 0 aliphatic heterocycles. The molecule has 2 aromatic heterocycles. The molecule has 11 nitrogen and oxygen atoms in total. The molecule has 0 amide bonds. The standard InChI is InChI=1S/C15H12N8O3S/c1-6-12(24)10(18-20-14-9(5-16)7(2)23-27-14)4-11(13(6)25)19-21-15-17-8(3)22-26-15/h4,24-25H,1-3H3/b20-18+,21-19+. The number of aromatic hydroxyl groups is 2. The Balaban J connectivity index is 1.98. The maximum Gasteiger partial charge on any atom is 0.366 e. The average Bonchev–Trinajstić information content (AvgIpc) is 3.23. The van der Waals surface area contributed by atoms with Crippen LogP contribution in [0.2, 0.25) is 0 Å². The summed E-state index contributed by atoms with van der Waals surface area (Å²) < 4.78 is 8.86. The first-order valence-corrected chi connectivity index (χ1v) is 8.23. The van der Waals surface area contributed by atoms with Crippen LogP contribution in [0.15, 0.2) is 31.0 Å². The van der Waals surface area contributed by atoms with Crippen molar-refractivity contribution in [2.45, 2.75) is 20.8 Å². The van der Waals surface area contributed by atoms with Crippen LogP contribution in [-0.2, 0) is 0 Å².